The number of rotatable bonds is 2. The molecule has 0 N–H and O–H groups in total. The molecule has 74 valence electrons. The van der Waals surface area contributed by atoms with Crippen LogP contribution in [0.3, 0.4) is 0 Å². The van der Waals surface area contributed by atoms with E-state index < -0.39 is 0 Å². The Labute approximate surface area is 89.9 Å². The number of furan rings is 1. The topological polar surface area (TPSA) is 13.1 Å². The normalized spacial score (nSPS) is 30.9. The minimum absolute atomic E-state index is 0.105. The third-order valence-corrected chi connectivity index (χ3v) is 3.44. The Hall–Kier alpha value is -0.890. The molecule has 0 fully saturated rings. The Kier molecular flexibility index (Phi) is 2.55. The van der Waals surface area contributed by atoms with E-state index in [1.54, 1.807) is 6.26 Å². The minimum atomic E-state index is -0.105. The van der Waals surface area contributed by atoms with E-state index in [4.69, 9.17) is 17.0 Å². The van der Waals surface area contributed by atoms with E-state index in [9.17, 15) is 0 Å². The molecule has 1 aromatic heterocycles. The molecule has 2 heteroatoms. The first-order chi connectivity index (χ1) is 6.71. The van der Waals surface area contributed by atoms with E-state index in [2.05, 4.69) is 31.2 Å². The molecule has 1 aromatic rings. The van der Waals surface area contributed by atoms with E-state index in [0.717, 1.165) is 12.2 Å². The Morgan fingerprint density at radius 3 is 3.00 bits per heavy atom. The second kappa shape index (κ2) is 3.70. The number of hydrogen-bond donors (Lipinski definition) is 1. The summed E-state index contributed by atoms with van der Waals surface area (Å²) in [5.41, 5.74) is 0. The van der Waals surface area contributed by atoms with Gasteiger partial charge >= 0.3 is 0 Å². The van der Waals surface area contributed by atoms with Crippen LogP contribution in [-0.2, 0) is 6.42 Å². The van der Waals surface area contributed by atoms with Crippen molar-refractivity contribution in [2.75, 3.05) is 0 Å². The van der Waals surface area contributed by atoms with E-state index in [0.29, 0.717) is 5.92 Å². The van der Waals surface area contributed by atoms with Crippen LogP contribution in [0.2, 0.25) is 0 Å². The molecule has 1 aliphatic rings. The maximum atomic E-state index is 5.34. The van der Waals surface area contributed by atoms with Gasteiger partial charge in [-0.15, -0.1) is 0 Å². The highest BCUT2D eigenvalue weighted by molar-refractivity contribution is 7.82. The first kappa shape index (κ1) is 9.66. The quantitative estimate of drug-likeness (QED) is 0.733. The maximum absolute atomic E-state index is 5.34. The Balaban J connectivity index is 2.17. The van der Waals surface area contributed by atoms with Gasteiger partial charge in [0.25, 0.3) is 0 Å². The summed E-state index contributed by atoms with van der Waals surface area (Å²) in [7, 11) is 0. The molecule has 14 heavy (non-hydrogen) atoms. The average molecular weight is 206 g/mol. The largest absolute Gasteiger partial charge is 0.469 e. The summed E-state index contributed by atoms with van der Waals surface area (Å²) in [4.78, 5) is 0. The zero-order valence-corrected chi connectivity index (χ0v) is 9.08. The Bertz CT molecular complexity index is 350. The van der Waals surface area contributed by atoms with Crippen LogP contribution in [0.15, 0.2) is 47.1 Å². The van der Waals surface area contributed by atoms with E-state index >= 15 is 0 Å². The summed E-state index contributed by atoms with van der Waals surface area (Å²) in [5.74, 6) is 1.42. The van der Waals surface area contributed by atoms with Crippen molar-refractivity contribution in [2.45, 2.75) is 18.1 Å². The molecule has 0 radical (unpaired) electrons. The summed E-state index contributed by atoms with van der Waals surface area (Å²) in [6.45, 7) is 2.18. The lowest BCUT2D eigenvalue weighted by Gasteiger charge is -2.31. The lowest BCUT2D eigenvalue weighted by atomic mass is 9.85. The molecule has 1 nitrogen and oxygen atoms in total. The SMILES string of the molecule is CC1C=CC=CC1(S)Cc1ccco1. The van der Waals surface area contributed by atoms with Gasteiger partial charge in [-0.3, -0.25) is 0 Å². The van der Waals surface area contributed by atoms with Gasteiger partial charge in [0.1, 0.15) is 5.76 Å². The minimum Gasteiger partial charge on any atom is -0.469 e. The standard InChI is InChI=1S/C12H14OS/c1-10-5-2-3-7-12(10,14)9-11-6-4-8-13-11/h2-8,10,14H,9H2,1H3. The van der Waals surface area contributed by atoms with E-state index in [-0.39, 0.29) is 4.75 Å². The van der Waals surface area contributed by atoms with Crippen molar-refractivity contribution in [3.8, 4) is 0 Å². The van der Waals surface area contributed by atoms with Crippen LogP contribution < -0.4 is 0 Å². The van der Waals surface area contributed by atoms with Crippen LogP contribution in [0.4, 0.5) is 0 Å². The second-order valence-corrected chi connectivity index (χ2v) is 4.61. The lowest BCUT2D eigenvalue weighted by molar-refractivity contribution is 0.458. The Morgan fingerprint density at radius 2 is 2.36 bits per heavy atom. The van der Waals surface area contributed by atoms with Gasteiger partial charge in [-0.1, -0.05) is 31.2 Å². The maximum Gasteiger partial charge on any atom is 0.105 e. The van der Waals surface area contributed by atoms with Gasteiger partial charge in [-0.2, -0.15) is 12.6 Å². The van der Waals surface area contributed by atoms with Crippen molar-refractivity contribution in [3.05, 3.63) is 48.5 Å². The zero-order chi connectivity index (χ0) is 10.0. The lowest BCUT2D eigenvalue weighted by Crippen LogP contribution is -2.30. The van der Waals surface area contributed by atoms with Crippen LogP contribution in [0, 0.1) is 5.92 Å². The molecule has 0 aliphatic heterocycles. The first-order valence-electron chi connectivity index (χ1n) is 4.81. The van der Waals surface area contributed by atoms with Crippen LogP contribution in [0.1, 0.15) is 12.7 Å². The fourth-order valence-electron chi connectivity index (χ4n) is 1.68. The van der Waals surface area contributed by atoms with Gasteiger partial charge in [0.05, 0.1) is 6.26 Å². The van der Waals surface area contributed by atoms with Crippen molar-refractivity contribution in [3.63, 3.8) is 0 Å². The van der Waals surface area contributed by atoms with Crippen LogP contribution in [0.5, 0.6) is 0 Å². The summed E-state index contributed by atoms with van der Waals surface area (Å²) in [5, 5.41) is 0. The molecule has 0 amide bonds. The van der Waals surface area contributed by atoms with Gasteiger partial charge < -0.3 is 4.42 Å². The second-order valence-electron chi connectivity index (χ2n) is 3.78. The van der Waals surface area contributed by atoms with Crippen molar-refractivity contribution >= 4 is 12.6 Å². The molecule has 1 heterocycles. The number of thiol groups is 1. The van der Waals surface area contributed by atoms with Crippen LogP contribution >= 0.6 is 12.6 Å². The van der Waals surface area contributed by atoms with Gasteiger partial charge in [0.2, 0.25) is 0 Å². The smallest absolute Gasteiger partial charge is 0.105 e. The third kappa shape index (κ3) is 1.80. The third-order valence-electron chi connectivity index (χ3n) is 2.72. The van der Waals surface area contributed by atoms with Crippen LogP contribution in [-0.4, -0.2) is 4.75 Å². The molecular weight excluding hydrogens is 192 g/mol. The average Bonchev–Trinajstić information content (AvgIpc) is 2.63. The van der Waals surface area contributed by atoms with Crippen LogP contribution in [0.25, 0.3) is 0 Å². The summed E-state index contributed by atoms with van der Waals surface area (Å²) < 4.78 is 5.24. The molecule has 0 spiro atoms. The molecule has 2 rings (SSSR count). The highest BCUT2D eigenvalue weighted by atomic mass is 32.1. The molecule has 0 bridgehead atoms. The van der Waals surface area contributed by atoms with Gasteiger partial charge in [-0.25, -0.2) is 0 Å². The summed E-state index contributed by atoms with van der Waals surface area (Å²) >= 11 is 4.73. The molecule has 2 atom stereocenters. The predicted octanol–water partition coefficient (Wildman–Crippen LogP) is 3.25. The summed E-state index contributed by atoms with van der Waals surface area (Å²) in [6.07, 6.45) is 11.0. The molecular formula is C12H14OS. The van der Waals surface area contributed by atoms with Gasteiger partial charge in [-0.05, 0) is 18.1 Å². The molecule has 0 saturated heterocycles. The van der Waals surface area contributed by atoms with E-state index in [1.165, 1.54) is 0 Å². The Morgan fingerprint density at radius 1 is 1.50 bits per heavy atom. The zero-order valence-electron chi connectivity index (χ0n) is 8.18. The highest BCUT2D eigenvalue weighted by Crippen LogP contribution is 2.34. The molecule has 2 unspecified atom stereocenters. The first-order valence-corrected chi connectivity index (χ1v) is 5.26. The van der Waals surface area contributed by atoms with E-state index in [1.807, 2.05) is 12.1 Å². The van der Waals surface area contributed by atoms with Crippen molar-refractivity contribution in [1.82, 2.24) is 0 Å². The fourth-order valence-corrected chi connectivity index (χ4v) is 2.01. The van der Waals surface area contributed by atoms with Crippen molar-refractivity contribution in [1.29, 1.82) is 0 Å². The molecule has 0 aromatic carbocycles. The highest BCUT2D eigenvalue weighted by Gasteiger charge is 2.30. The van der Waals surface area contributed by atoms with Gasteiger partial charge in [0, 0.05) is 11.2 Å². The fraction of sp³-hybridized carbons (Fsp3) is 0.333. The molecule has 0 saturated carbocycles. The summed E-state index contributed by atoms with van der Waals surface area (Å²) in [6, 6.07) is 3.91. The van der Waals surface area contributed by atoms with Crippen molar-refractivity contribution < 1.29 is 4.42 Å². The predicted molar refractivity (Wildman–Crippen MR) is 61.6 cm³/mol. The van der Waals surface area contributed by atoms with Gasteiger partial charge in [0.15, 0.2) is 0 Å². The monoisotopic (exact) mass is 206 g/mol. The van der Waals surface area contributed by atoms with Crippen molar-refractivity contribution in [2.24, 2.45) is 5.92 Å². The molecule has 1 aliphatic carbocycles. The number of hydrogen-bond acceptors (Lipinski definition) is 2. The number of allylic oxidation sites excluding steroid dienone is 3.